The Morgan fingerprint density at radius 1 is 1.58 bits per heavy atom. The molecule has 64 valence electrons. The molecule has 0 saturated heterocycles. The number of carbonyl (C=O) groups is 1. The van der Waals surface area contributed by atoms with E-state index in [0.29, 0.717) is 5.56 Å². The van der Waals surface area contributed by atoms with E-state index in [-0.39, 0.29) is 5.91 Å². The van der Waals surface area contributed by atoms with Gasteiger partial charge in [0.15, 0.2) is 0 Å². The number of aryl methyl sites for hydroxylation is 1. The summed E-state index contributed by atoms with van der Waals surface area (Å²) >= 11 is 0. The Morgan fingerprint density at radius 3 is 2.75 bits per heavy atom. The second-order valence-electron chi connectivity index (χ2n) is 2.47. The van der Waals surface area contributed by atoms with E-state index < -0.39 is 0 Å². The lowest BCUT2D eigenvalue weighted by Gasteiger charge is -1.99. The van der Waals surface area contributed by atoms with Gasteiger partial charge in [0.05, 0.1) is 5.56 Å². The van der Waals surface area contributed by atoms with Crippen LogP contribution in [0.15, 0.2) is 18.3 Å². The SMILES string of the molecule is CCc1ccc(C(=O)NC)cn1. The molecule has 0 unspecified atom stereocenters. The topological polar surface area (TPSA) is 42.0 Å². The van der Waals surface area contributed by atoms with E-state index in [9.17, 15) is 4.79 Å². The van der Waals surface area contributed by atoms with Gasteiger partial charge in [-0.05, 0) is 18.6 Å². The van der Waals surface area contributed by atoms with Crippen LogP contribution in [0.2, 0.25) is 0 Å². The molecule has 12 heavy (non-hydrogen) atoms. The zero-order valence-electron chi connectivity index (χ0n) is 7.29. The summed E-state index contributed by atoms with van der Waals surface area (Å²) in [5, 5.41) is 2.54. The maximum Gasteiger partial charge on any atom is 0.252 e. The number of aromatic nitrogens is 1. The molecule has 1 aromatic heterocycles. The molecular weight excluding hydrogens is 152 g/mol. The largest absolute Gasteiger partial charge is 0.355 e. The molecule has 3 nitrogen and oxygen atoms in total. The second-order valence-corrected chi connectivity index (χ2v) is 2.47. The Bertz CT molecular complexity index is 266. The van der Waals surface area contributed by atoms with Gasteiger partial charge in [-0.15, -0.1) is 0 Å². The third-order valence-electron chi connectivity index (χ3n) is 1.68. The molecule has 1 amide bonds. The maximum atomic E-state index is 11.1. The number of rotatable bonds is 2. The van der Waals surface area contributed by atoms with Crippen LogP contribution in [0.25, 0.3) is 0 Å². The third-order valence-corrected chi connectivity index (χ3v) is 1.68. The molecule has 0 bridgehead atoms. The molecule has 0 aliphatic heterocycles. The van der Waals surface area contributed by atoms with Crippen molar-refractivity contribution in [2.24, 2.45) is 0 Å². The van der Waals surface area contributed by atoms with Crippen LogP contribution in [0.1, 0.15) is 23.0 Å². The van der Waals surface area contributed by atoms with Crippen molar-refractivity contribution in [3.8, 4) is 0 Å². The quantitative estimate of drug-likeness (QED) is 0.708. The summed E-state index contributed by atoms with van der Waals surface area (Å²) in [5.74, 6) is -0.0925. The van der Waals surface area contributed by atoms with Crippen LogP contribution in [0.3, 0.4) is 0 Å². The van der Waals surface area contributed by atoms with Gasteiger partial charge in [-0.25, -0.2) is 0 Å². The first-order valence-electron chi connectivity index (χ1n) is 3.95. The first kappa shape index (κ1) is 8.71. The Balaban J connectivity index is 2.84. The zero-order chi connectivity index (χ0) is 8.97. The van der Waals surface area contributed by atoms with Crippen LogP contribution in [-0.2, 0) is 6.42 Å². The predicted octanol–water partition coefficient (Wildman–Crippen LogP) is 1.00. The fraction of sp³-hybridized carbons (Fsp3) is 0.333. The monoisotopic (exact) mass is 164 g/mol. The highest BCUT2D eigenvalue weighted by Crippen LogP contribution is 2.00. The van der Waals surface area contributed by atoms with Crippen molar-refractivity contribution in [2.75, 3.05) is 7.05 Å². The summed E-state index contributed by atoms with van der Waals surface area (Å²) in [7, 11) is 1.61. The molecule has 1 rings (SSSR count). The average molecular weight is 164 g/mol. The molecule has 0 aromatic carbocycles. The number of nitrogens with zero attached hydrogens (tertiary/aromatic N) is 1. The van der Waals surface area contributed by atoms with E-state index in [0.717, 1.165) is 12.1 Å². The van der Waals surface area contributed by atoms with Gasteiger partial charge in [0, 0.05) is 18.9 Å². The van der Waals surface area contributed by atoms with E-state index in [1.807, 2.05) is 13.0 Å². The Hall–Kier alpha value is -1.38. The molecular formula is C9H12N2O. The van der Waals surface area contributed by atoms with Crippen LogP contribution in [-0.4, -0.2) is 17.9 Å². The molecule has 0 aliphatic carbocycles. The van der Waals surface area contributed by atoms with Crippen molar-refractivity contribution in [1.29, 1.82) is 0 Å². The zero-order valence-corrected chi connectivity index (χ0v) is 7.29. The minimum atomic E-state index is -0.0925. The molecule has 0 fully saturated rings. The van der Waals surface area contributed by atoms with Gasteiger partial charge < -0.3 is 5.32 Å². The van der Waals surface area contributed by atoms with Gasteiger partial charge in [0.2, 0.25) is 0 Å². The van der Waals surface area contributed by atoms with Crippen molar-refractivity contribution < 1.29 is 4.79 Å². The van der Waals surface area contributed by atoms with Gasteiger partial charge in [-0.3, -0.25) is 9.78 Å². The summed E-state index contributed by atoms with van der Waals surface area (Å²) < 4.78 is 0. The highest BCUT2D eigenvalue weighted by atomic mass is 16.1. The number of hydrogen-bond acceptors (Lipinski definition) is 2. The molecule has 0 saturated carbocycles. The third kappa shape index (κ3) is 1.81. The number of amides is 1. The predicted molar refractivity (Wildman–Crippen MR) is 47.0 cm³/mol. The van der Waals surface area contributed by atoms with Crippen LogP contribution in [0, 0.1) is 0 Å². The van der Waals surface area contributed by atoms with Gasteiger partial charge in [0.25, 0.3) is 5.91 Å². The van der Waals surface area contributed by atoms with E-state index in [1.165, 1.54) is 0 Å². The Labute approximate surface area is 71.8 Å². The van der Waals surface area contributed by atoms with Gasteiger partial charge in [-0.1, -0.05) is 6.92 Å². The lowest BCUT2D eigenvalue weighted by molar-refractivity contribution is 0.0962. The van der Waals surface area contributed by atoms with Gasteiger partial charge in [0.1, 0.15) is 0 Å². The van der Waals surface area contributed by atoms with Crippen LogP contribution < -0.4 is 5.32 Å². The maximum absolute atomic E-state index is 11.1. The first-order chi connectivity index (χ1) is 5.77. The molecule has 0 atom stereocenters. The van der Waals surface area contributed by atoms with Crippen molar-refractivity contribution >= 4 is 5.91 Å². The van der Waals surface area contributed by atoms with E-state index in [4.69, 9.17) is 0 Å². The van der Waals surface area contributed by atoms with Crippen molar-refractivity contribution in [1.82, 2.24) is 10.3 Å². The molecule has 1 heterocycles. The normalized spacial score (nSPS) is 9.50. The lowest BCUT2D eigenvalue weighted by atomic mass is 10.2. The summed E-state index contributed by atoms with van der Waals surface area (Å²) in [6.07, 6.45) is 2.49. The fourth-order valence-electron chi connectivity index (χ4n) is 0.912. The second kappa shape index (κ2) is 3.85. The standard InChI is InChI=1S/C9H12N2O/c1-3-8-5-4-7(6-11-8)9(12)10-2/h4-6H,3H2,1-2H3,(H,10,12). The van der Waals surface area contributed by atoms with E-state index in [1.54, 1.807) is 19.3 Å². The summed E-state index contributed by atoms with van der Waals surface area (Å²) in [6.45, 7) is 2.03. The number of carbonyl (C=O) groups excluding carboxylic acids is 1. The van der Waals surface area contributed by atoms with Crippen molar-refractivity contribution in [3.63, 3.8) is 0 Å². The summed E-state index contributed by atoms with van der Waals surface area (Å²) in [5.41, 5.74) is 1.61. The minimum Gasteiger partial charge on any atom is -0.355 e. The minimum absolute atomic E-state index is 0.0925. The molecule has 1 aromatic rings. The summed E-state index contributed by atoms with van der Waals surface area (Å²) in [4.78, 5) is 15.2. The first-order valence-corrected chi connectivity index (χ1v) is 3.95. The Kier molecular flexibility index (Phi) is 2.80. The van der Waals surface area contributed by atoms with E-state index >= 15 is 0 Å². The van der Waals surface area contributed by atoms with Crippen LogP contribution in [0.4, 0.5) is 0 Å². The van der Waals surface area contributed by atoms with Crippen LogP contribution >= 0.6 is 0 Å². The van der Waals surface area contributed by atoms with Crippen LogP contribution in [0.5, 0.6) is 0 Å². The lowest BCUT2D eigenvalue weighted by Crippen LogP contribution is -2.17. The Morgan fingerprint density at radius 2 is 2.33 bits per heavy atom. The molecule has 1 N–H and O–H groups in total. The van der Waals surface area contributed by atoms with Gasteiger partial charge in [-0.2, -0.15) is 0 Å². The smallest absolute Gasteiger partial charge is 0.252 e. The highest BCUT2D eigenvalue weighted by molar-refractivity contribution is 5.93. The van der Waals surface area contributed by atoms with Crippen molar-refractivity contribution in [3.05, 3.63) is 29.6 Å². The fourth-order valence-corrected chi connectivity index (χ4v) is 0.912. The average Bonchev–Trinajstić information content (AvgIpc) is 2.17. The van der Waals surface area contributed by atoms with Crippen molar-refractivity contribution in [2.45, 2.75) is 13.3 Å². The number of hydrogen-bond donors (Lipinski definition) is 1. The number of pyridine rings is 1. The molecule has 0 radical (unpaired) electrons. The van der Waals surface area contributed by atoms with Gasteiger partial charge >= 0.3 is 0 Å². The molecule has 0 aliphatic rings. The van der Waals surface area contributed by atoms with E-state index in [2.05, 4.69) is 10.3 Å². The molecule has 3 heteroatoms. The number of nitrogens with one attached hydrogen (secondary N) is 1. The molecule has 0 spiro atoms. The highest BCUT2D eigenvalue weighted by Gasteiger charge is 2.01. The summed E-state index contributed by atoms with van der Waals surface area (Å²) in [6, 6.07) is 3.65.